The summed E-state index contributed by atoms with van der Waals surface area (Å²) in [5.41, 5.74) is 11.3. The smallest absolute Gasteiger partial charge is 0.00671 e. The molecule has 2 nitrogen and oxygen atoms in total. The molecule has 1 saturated carbocycles. The van der Waals surface area contributed by atoms with Crippen LogP contribution >= 0.6 is 0 Å². The molecule has 0 radical (unpaired) electrons. The van der Waals surface area contributed by atoms with Crippen molar-refractivity contribution in [3.63, 3.8) is 0 Å². The van der Waals surface area contributed by atoms with Gasteiger partial charge in [-0.1, -0.05) is 6.42 Å². The average molecular weight is 142 g/mol. The van der Waals surface area contributed by atoms with Gasteiger partial charge in [0.05, 0.1) is 0 Å². The van der Waals surface area contributed by atoms with Crippen LogP contribution in [0.15, 0.2) is 0 Å². The van der Waals surface area contributed by atoms with Crippen molar-refractivity contribution in [1.29, 1.82) is 0 Å². The molecule has 2 unspecified atom stereocenters. The Hall–Kier alpha value is -0.0800. The summed E-state index contributed by atoms with van der Waals surface area (Å²) in [5.74, 6) is 0.781. The third-order valence-corrected chi connectivity index (χ3v) is 2.50. The van der Waals surface area contributed by atoms with Gasteiger partial charge >= 0.3 is 0 Å². The lowest BCUT2D eigenvalue weighted by Crippen LogP contribution is -2.24. The van der Waals surface area contributed by atoms with Crippen molar-refractivity contribution in [2.75, 3.05) is 6.54 Å². The monoisotopic (exact) mass is 142 g/mol. The van der Waals surface area contributed by atoms with Crippen molar-refractivity contribution in [3.8, 4) is 0 Å². The molecule has 60 valence electrons. The second kappa shape index (κ2) is 3.94. The minimum Gasteiger partial charge on any atom is -0.330 e. The van der Waals surface area contributed by atoms with Crippen LogP contribution in [0.2, 0.25) is 0 Å². The first-order chi connectivity index (χ1) is 4.84. The second-order valence-electron chi connectivity index (χ2n) is 3.29. The lowest BCUT2D eigenvalue weighted by Gasteiger charge is -2.13. The molecule has 2 heteroatoms. The number of hydrogen-bond acceptors (Lipinski definition) is 2. The van der Waals surface area contributed by atoms with Crippen LogP contribution in [0.3, 0.4) is 0 Å². The van der Waals surface area contributed by atoms with Gasteiger partial charge in [0.25, 0.3) is 0 Å². The summed E-state index contributed by atoms with van der Waals surface area (Å²) < 4.78 is 0. The van der Waals surface area contributed by atoms with E-state index in [0.29, 0.717) is 6.04 Å². The van der Waals surface area contributed by atoms with Gasteiger partial charge in [-0.25, -0.2) is 0 Å². The SMILES string of the molecule is NCCCC1CCCC1N. The zero-order valence-electron chi connectivity index (χ0n) is 6.55. The van der Waals surface area contributed by atoms with Crippen molar-refractivity contribution < 1.29 is 0 Å². The van der Waals surface area contributed by atoms with Crippen LogP contribution in [0.1, 0.15) is 32.1 Å². The first-order valence-electron chi connectivity index (χ1n) is 4.30. The van der Waals surface area contributed by atoms with Crippen LogP contribution in [-0.2, 0) is 0 Å². The molecule has 0 aromatic carbocycles. The Morgan fingerprint density at radius 1 is 1.30 bits per heavy atom. The van der Waals surface area contributed by atoms with Gasteiger partial charge < -0.3 is 11.5 Å². The normalized spacial score (nSPS) is 33.0. The molecule has 1 aliphatic carbocycles. The third kappa shape index (κ3) is 1.96. The Labute approximate surface area is 63.0 Å². The predicted octanol–water partition coefficient (Wildman–Crippen LogP) is 0.853. The van der Waals surface area contributed by atoms with Gasteiger partial charge in [0.15, 0.2) is 0 Å². The number of nitrogens with two attached hydrogens (primary N) is 2. The van der Waals surface area contributed by atoms with Crippen LogP contribution in [-0.4, -0.2) is 12.6 Å². The molecular weight excluding hydrogens is 124 g/mol. The maximum atomic E-state index is 5.88. The highest BCUT2D eigenvalue weighted by atomic mass is 14.7. The molecule has 0 saturated heterocycles. The Bertz CT molecular complexity index is 93.3. The summed E-state index contributed by atoms with van der Waals surface area (Å²) in [5, 5.41) is 0. The van der Waals surface area contributed by atoms with Crippen LogP contribution < -0.4 is 11.5 Å². The Kier molecular flexibility index (Phi) is 3.16. The molecule has 4 N–H and O–H groups in total. The first-order valence-corrected chi connectivity index (χ1v) is 4.30. The van der Waals surface area contributed by atoms with Crippen LogP contribution in [0.4, 0.5) is 0 Å². The van der Waals surface area contributed by atoms with Gasteiger partial charge in [0.1, 0.15) is 0 Å². The first kappa shape index (κ1) is 8.02. The molecule has 10 heavy (non-hydrogen) atoms. The molecule has 0 bridgehead atoms. The van der Waals surface area contributed by atoms with Crippen molar-refractivity contribution >= 4 is 0 Å². The van der Waals surface area contributed by atoms with Gasteiger partial charge in [-0.2, -0.15) is 0 Å². The van der Waals surface area contributed by atoms with E-state index >= 15 is 0 Å². The molecule has 0 aromatic rings. The highest BCUT2D eigenvalue weighted by Gasteiger charge is 2.22. The maximum absolute atomic E-state index is 5.88. The average Bonchev–Trinajstić information content (AvgIpc) is 2.31. The fourth-order valence-electron chi connectivity index (χ4n) is 1.80. The molecule has 0 aliphatic heterocycles. The fourth-order valence-corrected chi connectivity index (χ4v) is 1.80. The maximum Gasteiger partial charge on any atom is 0.00671 e. The quantitative estimate of drug-likeness (QED) is 0.614. The number of hydrogen-bond donors (Lipinski definition) is 2. The molecule has 0 spiro atoms. The molecule has 1 fully saturated rings. The predicted molar refractivity (Wildman–Crippen MR) is 43.6 cm³/mol. The summed E-state index contributed by atoms with van der Waals surface area (Å²) >= 11 is 0. The van der Waals surface area contributed by atoms with Crippen molar-refractivity contribution in [2.45, 2.75) is 38.1 Å². The fraction of sp³-hybridized carbons (Fsp3) is 1.00. The molecule has 1 aliphatic rings. The van der Waals surface area contributed by atoms with E-state index in [1.165, 1.54) is 25.7 Å². The van der Waals surface area contributed by atoms with Gasteiger partial charge in [0, 0.05) is 6.04 Å². The Morgan fingerprint density at radius 2 is 2.10 bits per heavy atom. The molecular formula is C8H18N2. The van der Waals surface area contributed by atoms with Crippen molar-refractivity contribution in [1.82, 2.24) is 0 Å². The largest absolute Gasteiger partial charge is 0.330 e. The van der Waals surface area contributed by atoms with E-state index in [-0.39, 0.29) is 0 Å². The van der Waals surface area contributed by atoms with Gasteiger partial charge in [-0.05, 0) is 38.1 Å². The molecule has 1 rings (SSSR count). The zero-order chi connectivity index (χ0) is 7.40. The standard InChI is InChI=1S/C8H18N2/c9-6-2-4-7-3-1-5-8(7)10/h7-8H,1-6,9-10H2. The molecule has 2 atom stereocenters. The van der Waals surface area contributed by atoms with Gasteiger partial charge in [-0.15, -0.1) is 0 Å². The van der Waals surface area contributed by atoms with Crippen LogP contribution in [0, 0.1) is 5.92 Å². The van der Waals surface area contributed by atoms with Gasteiger partial charge in [0.2, 0.25) is 0 Å². The minimum absolute atomic E-state index is 0.478. The Morgan fingerprint density at radius 3 is 2.60 bits per heavy atom. The van der Waals surface area contributed by atoms with E-state index in [0.717, 1.165) is 18.9 Å². The third-order valence-electron chi connectivity index (χ3n) is 2.50. The van der Waals surface area contributed by atoms with E-state index in [1.54, 1.807) is 0 Å². The van der Waals surface area contributed by atoms with Gasteiger partial charge in [-0.3, -0.25) is 0 Å². The zero-order valence-corrected chi connectivity index (χ0v) is 6.55. The van der Waals surface area contributed by atoms with E-state index in [1.807, 2.05) is 0 Å². The molecule has 0 aromatic heterocycles. The van der Waals surface area contributed by atoms with Crippen molar-refractivity contribution in [3.05, 3.63) is 0 Å². The highest BCUT2D eigenvalue weighted by Crippen LogP contribution is 2.27. The summed E-state index contributed by atoms with van der Waals surface area (Å²) in [6.07, 6.45) is 6.29. The summed E-state index contributed by atoms with van der Waals surface area (Å²) in [7, 11) is 0. The van der Waals surface area contributed by atoms with Crippen molar-refractivity contribution in [2.24, 2.45) is 17.4 Å². The lowest BCUT2D eigenvalue weighted by atomic mass is 9.98. The van der Waals surface area contributed by atoms with E-state index < -0.39 is 0 Å². The lowest BCUT2D eigenvalue weighted by molar-refractivity contribution is 0.436. The summed E-state index contributed by atoms with van der Waals surface area (Å²) in [4.78, 5) is 0. The second-order valence-corrected chi connectivity index (χ2v) is 3.29. The topological polar surface area (TPSA) is 52.0 Å². The van der Waals surface area contributed by atoms with E-state index in [2.05, 4.69) is 0 Å². The molecule has 0 amide bonds. The van der Waals surface area contributed by atoms with Crippen LogP contribution in [0.5, 0.6) is 0 Å². The Balaban J connectivity index is 2.14. The molecule has 0 heterocycles. The van der Waals surface area contributed by atoms with E-state index in [9.17, 15) is 0 Å². The highest BCUT2D eigenvalue weighted by molar-refractivity contribution is 4.79. The summed E-state index contributed by atoms with van der Waals surface area (Å²) in [6, 6.07) is 0.478. The number of rotatable bonds is 3. The van der Waals surface area contributed by atoms with Crippen LogP contribution in [0.25, 0.3) is 0 Å². The minimum atomic E-state index is 0.478. The van der Waals surface area contributed by atoms with E-state index in [4.69, 9.17) is 11.5 Å². The summed E-state index contributed by atoms with van der Waals surface area (Å²) in [6.45, 7) is 0.823.